The van der Waals surface area contributed by atoms with Crippen molar-refractivity contribution in [2.75, 3.05) is 0 Å². The molecular weight excluding hydrogens is 379 g/mol. The zero-order chi connectivity index (χ0) is 20.2. The van der Waals surface area contributed by atoms with Gasteiger partial charge in [-0.2, -0.15) is 13.2 Å². The Morgan fingerprint density at radius 3 is 2.54 bits per heavy atom. The van der Waals surface area contributed by atoms with Crippen molar-refractivity contribution in [1.29, 1.82) is 0 Å². The number of hydrogen-bond acceptors (Lipinski definition) is 6. The molecule has 1 aliphatic rings. The standard InChI is InChI=1S/C18H16F3N3O4/c19-18(20,21)17(26)9-15(23-28-17)24(11-13-5-2-1-3-6-13)16(25)27-12-14-7-4-8-22-10-14/h1-8,10,26H,9,11-12H2. The number of nitrogens with zero attached hydrogens (tertiary/aromatic N) is 3. The second kappa shape index (κ2) is 7.85. The van der Waals surface area contributed by atoms with Gasteiger partial charge in [-0.15, -0.1) is 0 Å². The second-order valence-electron chi connectivity index (χ2n) is 6.05. The smallest absolute Gasteiger partial charge is 0.444 e. The van der Waals surface area contributed by atoms with Crippen molar-refractivity contribution in [3.05, 3.63) is 66.0 Å². The van der Waals surface area contributed by atoms with Crippen LogP contribution in [0.4, 0.5) is 18.0 Å². The summed E-state index contributed by atoms with van der Waals surface area (Å²) in [6.07, 6.45) is -3.99. The number of rotatable bonds is 4. The molecule has 10 heteroatoms. The second-order valence-corrected chi connectivity index (χ2v) is 6.05. The average Bonchev–Trinajstić information content (AvgIpc) is 3.09. The third kappa shape index (κ3) is 4.39. The van der Waals surface area contributed by atoms with Crippen LogP contribution in [0, 0.1) is 0 Å². The van der Waals surface area contributed by atoms with E-state index < -0.39 is 24.5 Å². The van der Waals surface area contributed by atoms with E-state index in [0.29, 0.717) is 11.1 Å². The Labute approximate surface area is 158 Å². The Morgan fingerprint density at radius 1 is 1.21 bits per heavy atom. The number of oxime groups is 1. The Hall–Kier alpha value is -3.14. The monoisotopic (exact) mass is 395 g/mol. The molecule has 2 aromatic rings. The molecule has 0 aliphatic carbocycles. The molecule has 2 heterocycles. The Balaban J connectivity index is 1.76. The van der Waals surface area contributed by atoms with Crippen LogP contribution < -0.4 is 0 Å². The van der Waals surface area contributed by atoms with Crippen LogP contribution in [0.15, 0.2) is 60.0 Å². The molecule has 3 rings (SSSR count). The molecular formula is C18H16F3N3O4. The van der Waals surface area contributed by atoms with E-state index >= 15 is 0 Å². The Morgan fingerprint density at radius 2 is 1.93 bits per heavy atom. The van der Waals surface area contributed by atoms with Crippen molar-refractivity contribution in [3.63, 3.8) is 0 Å². The zero-order valence-corrected chi connectivity index (χ0v) is 14.5. The maximum atomic E-state index is 13.0. The van der Waals surface area contributed by atoms with Gasteiger partial charge in [0.25, 0.3) is 0 Å². The molecule has 1 aromatic carbocycles. The van der Waals surface area contributed by atoms with E-state index in [2.05, 4.69) is 15.0 Å². The fourth-order valence-corrected chi connectivity index (χ4v) is 2.44. The first-order chi connectivity index (χ1) is 13.3. The highest BCUT2D eigenvalue weighted by Crippen LogP contribution is 2.38. The van der Waals surface area contributed by atoms with Gasteiger partial charge in [0.05, 0.1) is 13.0 Å². The molecule has 0 fully saturated rings. The minimum atomic E-state index is -5.07. The maximum absolute atomic E-state index is 13.0. The maximum Gasteiger partial charge on any atom is 0.458 e. The number of pyridine rings is 1. The molecule has 1 N–H and O–H groups in total. The van der Waals surface area contributed by atoms with Crippen LogP contribution in [-0.4, -0.2) is 38.9 Å². The molecule has 1 aromatic heterocycles. The first-order valence-corrected chi connectivity index (χ1v) is 8.20. The summed E-state index contributed by atoms with van der Waals surface area (Å²) in [5, 5.41) is 12.9. The molecule has 28 heavy (non-hydrogen) atoms. The molecule has 0 spiro atoms. The highest BCUT2D eigenvalue weighted by atomic mass is 19.4. The minimum absolute atomic E-state index is 0.108. The third-order valence-corrected chi connectivity index (χ3v) is 3.94. The topological polar surface area (TPSA) is 84.2 Å². The number of aliphatic hydroxyl groups is 1. The van der Waals surface area contributed by atoms with Gasteiger partial charge in [-0.1, -0.05) is 41.6 Å². The van der Waals surface area contributed by atoms with Crippen molar-refractivity contribution >= 4 is 11.9 Å². The lowest BCUT2D eigenvalue weighted by molar-refractivity contribution is -0.355. The molecule has 1 amide bonds. The van der Waals surface area contributed by atoms with E-state index in [4.69, 9.17) is 4.74 Å². The normalized spacial score (nSPS) is 18.9. The highest BCUT2D eigenvalue weighted by molar-refractivity contribution is 5.96. The summed E-state index contributed by atoms with van der Waals surface area (Å²) >= 11 is 0. The predicted octanol–water partition coefficient (Wildman–Crippen LogP) is 3.21. The summed E-state index contributed by atoms with van der Waals surface area (Å²) < 4.78 is 44.1. The van der Waals surface area contributed by atoms with Crippen LogP contribution in [0.2, 0.25) is 0 Å². The predicted molar refractivity (Wildman–Crippen MR) is 90.5 cm³/mol. The summed E-state index contributed by atoms with van der Waals surface area (Å²) in [5.74, 6) is -3.87. The number of ether oxygens (including phenoxy) is 1. The van der Waals surface area contributed by atoms with Crippen molar-refractivity contribution < 1.29 is 32.6 Å². The summed E-state index contributed by atoms with van der Waals surface area (Å²) in [5.41, 5.74) is 1.23. The van der Waals surface area contributed by atoms with E-state index in [1.807, 2.05) is 0 Å². The lowest BCUT2D eigenvalue weighted by atomic mass is 10.1. The Kier molecular flexibility index (Phi) is 5.50. The zero-order valence-electron chi connectivity index (χ0n) is 14.5. The number of amidine groups is 1. The van der Waals surface area contributed by atoms with Crippen LogP contribution in [0.5, 0.6) is 0 Å². The van der Waals surface area contributed by atoms with Gasteiger partial charge in [0.15, 0.2) is 5.84 Å². The van der Waals surface area contributed by atoms with Gasteiger partial charge < -0.3 is 14.7 Å². The minimum Gasteiger partial charge on any atom is -0.444 e. The number of benzene rings is 1. The van der Waals surface area contributed by atoms with E-state index in [-0.39, 0.29) is 19.0 Å². The molecule has 0 bridgehead atoms. The summed E-state index contributed by atoms with van der Waals surface area (Å²) in [7, 11) is 0. The Bertz CT molecular complexity index is 846. The van der Waals surface area contributed by atoms with Crippen molar-refractivity contribution in [2.24, 2.45) is 5.16 Å². The SMILES string of the molecule is O=C(OCc1cccnc1)N(Cc1ccccc1)C1=NOC(O)(C(F)(F)F)C1. The van der Waals surface area contributed by atoms with E-state index in [9.17, 15) is 23.1 Å². The van der Waals surface area contributed by atoms with Gasteiger partial charge in [-0.3, -0.25) is 9.88 Å². The molecule has 148 valence electrons. The summed E-state index contributed by atoms with van der Waals surface area (Å²) in [4.78, 5) is 21.6. The molecule has 7 nitrogen and oxygen atoms in total. The summed E-state index contributed by atoms with van der Waals surface area (Å²) in [6, 6.07) is 11.9. The van der Waals surface area contributed by atoms with E-state index in [0.717, 1.165) is 4.90 Å². The number of carbonyl (C=O) groups is 1. The quantitative estimate of drug-likeness (QED) is 0.860. The van der Waals surface area contributed by atoms with Gasteiger partial charge in [0, 0.05) is 18.0 Å². The van der Waals surface area contributed by atoms with Crippen molar-refractivity contribution in [2.45, 2.75) is 31.5 Å². The molecule has 1 aliphatic heterocycles. The summed E-state index contributed by atoms with van der Waals surface area (Å²) in [6.45, 7) is -0.238. The van der Waals surface area contributed by atoms with Crippen LogP contribution in [0.25, 0.3) is 0 Å². The van der Waals surface area contributed by atoms with Crippen LogP contribution >= 0.6 is 0 Å². The molecule has 1 atom stereocenters. The number of aromatic nitrogens is 1. The first-order valence-electron chi connectivity index (χ1n) is 8.20. The highest BCUT2D eigenvalue weighted by Gasteiger charge is 2.61. The fourth-order valence-electron chi connectivity index (χ4n) is 2.44. The van der Waals surface area contributed by atoms with Crippen LogP contribution in [0.1, 0.15) is 17.5 Å². The van der Waals surface area contributed by atoms with Crippen molar-refractivity contribution in [3.8, 4) is 0 Å². The van der Waals surface area contributed by atoms with E-state index in [1.54, 1.807) is 48.7 Å². The van der Waals surface area contributed by atoms with Gasteiger partial charge in [-0.25, -0.2) is 4.79 Å². The largest absolute Gasteiger partial charge is 0.458 e. The molecule has 0 saturated carbocycles. The molecule has 0 radical (unpaired) electrons. The van der Waals surface area contributed by atoms with Crippen molar-refractivity contribution in [1.82, 2.24) is 9.88 Å². The number of alkyl halides is 3. The lowest BCUT2D eigenvalue weighted by Crippen LogP contribution is -2.47. The lowest BCUT2D eigenvalue weighted by Gasteiger charge is -2.24. The number of hydrogen-bond donors (Lipinski definition) is 1. The van der Waals surface area contributed by atoms with E-state index in [1.165, 1.54) is 6.20 Å². The molecule has 1 unspecified atom stereocenters. The van der Waals surface area contributed by atoms with Crippen LogP contribution in [0.3, 0.4) is 0 Å². The fraction of sp³-hybridized carbons (Fsp3) is 0.278. The third-order valence-electron chi connectivity index (χ3n) is 3.94. The molecule has 0 saturated heterocycles. The van der Waals surface area contributed by atoms with Gasteiger partial charge >= 0.3 is 18.1 Å². The average molecular weight is 395 g/mol. The number of carbonyl (C=O) groups excluding carboxylic acids is 1. The van der Waals surface area contributed by atoms with Crippen LogP contribution in [-0.2, 0) is 22.7 Å². The van der Waals surface area contributed by atoms with Gasteiger partial charge in [-0.05, 0) is 11.6 Å². The number of halogens is 3. The van der Waals surface area contributed by atoms with Gasteiger partial charge in [0.2, 0.25) is 0 Å². The van der Waals surface area contributed by atoms with Gasteiger partial charge in [0.1, 0.15) is 6.61 Å². The first kappa shape index (κ1) is 19.6. The number of amides is 1.